The van der Waals surface area contributed by atoms with Gasteiger partial charge in [0.25, 0.3) is 0 Å². The highest BCUT2D eigenvalue weighted by Crippen LogP contribution is 2.36. The molecule has 3 aromatic carbocycles. The van der Waals surface area contributed by atoms with Crippen molar-refractivity contribution >= 4 is 18.1 Å². The SMILES string of the molecule is COc1ccc(C=Cc2cc(O)cc(O[C@@H]3O[C@H](CO)[C@@H](O)[C@H](OC(=O)c4cc(O)c(O)c(O)c4)[C@H]3O)c2)cc1O. The fraction of sp³-hybridized carbons (Fsp3) is 0.250. The number of ether oxygens (including phenoxy) is 4. The van der Waals surface area contributed by atoms with Crippen molar-refractivity contribution in [3.63, 3.8) is 0 Å². The topological polar surface area (TPSA) is 216 Å². The maximum absolute atomic E-state index is 12.7. The van der Waals surface area contributed by atoms with Gasteiger partial charge in [0.15, 0.2) is 41.0 Å². The number of methoxy groups -OCH3 is 1. The molecule has 5 atom stereocenters. The third-order valence-corrected chi connectivity index (χ3v) is 6.21. The molecule has 0 bridgehead atoms. The lowest BCUT2D eigenvalue weighted by Gasteiger charge is -2.41. The number of phenolic OH excluding ortho intramolecular Hbond substituents is 5. The maximum atomic E-state index is 12.7. The van der Waals surface area contributed by atoms with E-state index in [4.69, 9.17) is 18.9 Å². The molecule has 3 aromatic rings. The van der Waals surface area contributed by atoms with Crippen LogP contribution < -0.4 is 9.47 Å². The second-order valence-electron chi connectivity index (χ2n) is 9.08. The highest BCUT2D eigenvalue weighted by atomic mass is 16.7. The number of phenols is 5. The van der Waals surface area contributed by atoms with Crippen molar-refractivity contribution in [2.24, 2.45) is 0 Å². The van der Waals surface area contributed by atoms with Crippen molar-refractivity contribution in [3.8, 4) is 40.2 Å². The molecule has 218 valence electrons. The average molecular weight is 573 g/mol. The predicted molar refractivity (Wildman–Crippen MR) is 141 cm³/mol. The van der Waals surface area contributed by atoms with E-state index in [0.717, 1.165) is 12.1 Å². The van der Waals surface area contributed by atoms with Gasteiger partial charge in [-0.25, -0.2) is 4.79 Å². The van der Waals surface area contributed by atoms with Crippen molar-refractivity contribution in [1.82, 2.24) is 0 Å². The lowest BCUT2D eigenvalue weighted by atomic mass is 9.98. The van der Waals surface area contributed by atoms with Crippen molar-refractivity contribution in [2.75, 3.05) is 13.7 Å². The van der Waals surface area contributed by atoms with E-state index in [2.05, 4.69) is 0 Å². The lowest BCUT2D eigenvalue weighted by molar-refractivity contribution is -0.276. The summed E-state index contributed by atoms with van der Waals surface area (Å²) in [5, 5.41) is 80.1. The highest BCUT2D eigenvalue weighted by Gasteiger charge is 2.48. The second-order valence-corrected chi connectivity index (χ2v) is 9.08. The van der Waals surface area contributed by atoms with Crippen molar-refractivity contribution in [2.45, 2.75) is 30.7 Å². The minimum absolute atomic E-state index is 0.0119. The number of hydrogen-bond acceptors (Lipinski definition) is 13. The van der Waals surface area contributed by atoms with Gasteiger partial charge < -0.3 is 59.8 Å². The van der Waals surface area contributed by atoms with E-state index in [1.54, 1.807) is 24.3 Å². The fourth-order valence-corrected chi connectivity index (χ4v) is 4.11. The van der Waals surface area contributed by atoms with E-state index in [9.17, 15) is 45.6 Å². The Morgan fingerprint density at radius 1 is 0.878 bits per heavy atom. The first-order valence-corrected chi connectivity index (χ1v) is 12.1. The molecule has 1 aliphatic heterocycles. The van der Waals surface area contributed by atoms with Gasteiger partial charge in [-0.15, -0.1) is 0 Å². The molecule has 0 amide bonds. The largest absolute Gasteiger partial charge is 0.508 e. The molecule has 0 radical (unpaired) electrons. The van der Waals surface area contributed by atoms with E-state index in [1.165, 1.54) is 31.4 Å². The molecule has 1 fully saturated rings. The molecule has 13 heteroatoms. The van der Waals surface area contributed by atoms with Crippen molar-refractivity contribution in [1.29, 1.82) is 0 Å². The predicted octanol–water partition coefficient (Wildman–Crippen LogP) is 1.44. The molecule has 13 nitrogen and oxygen atoms in total. The van der Waals surface area contributed by atoms with Gasteiger partial charge in [0.2, 0.25) is 6.29 Å². The summed E-state index contributed by atoms with van der Waals surface area (Å²) >= 11 is 0. The molecule has 0 spiro atoms. The molecule has 0 aliphatic carbocycles. The van der Waals surface area contributed by atoms with Crippen molar-refractivity contribution < 1.29 is 64.6 Å². The van der Waals surface area contributed by atoms with Gasteiger partial charge in [-0.3, -0.25) is 0 Å². The number of benzene rings is 3. The van der Waals surface area contributed by atoms with Crippen LogP contribution in [0.5, 0.6) is 40.2 Å². The second kappa shape index (κ2) is 12.2. The van der Waals surface area contributed by atoms with Gasteiger partial charge in [0.1, 0.15) is 23.7 Å². The van der Waals surface area contributed by atoms with E-state index in [1.807, 2.05) is 0 Å². The van der Waals surface area contributed by atoms with E-state index in [-0.39, 0.29) is 17.2 Å². The standard InChI is InChI=1S/C28H28O13/c1-38-21-5-4-13(8-18(21)31)2-3-14-6-16(30)11-17(7-14)39-28-25(36)26(24(35)22(12-29)40-28)41-27(37)15-9-19(32)23(34)20(33)10-15/h2-11,22,24-26,28-36H,12H2,1H3/t22-,24-,25-,26+,28-/m1/s1. The Labute approximate surface area is 232 Å². The number of aliphatic hydroxyl groups excluding tert-OH is 3. The Kier molecular flexibility index (Phi) is 8.74. The van der Waals surface area contributed by atoms with Gasteiger partial charge in [-0.05, 0) is 47.5 Å². The molecular formula is C28H28O13. The summed E-state index contributed by atoms with van der Waals surface area (Å²) in [7, 11) is 1.43. The van der Waals surface area contributed by atoms with Crippen LogP contribution in [0.3, 0.4) is 0 Å². The lowest BCUT2D eigenvalue weighted by Crippen LogP contribution is -2.61. The molecule has 0 unspecified atom stereocenters. The molecular weight excluding hydrogens is 544 g/mol. The fourth-order valence-electron chi connectivity index (χ4n) is 4.11. The zero-order valence-corrected chi connectivity index (χ0v) is 21.5. The number of carbonyl (C=O) groups is 1. The van der Waals surface area contributed by atoms with Crippen LogP contribution in [0, 0.1) is 0 Å². The van der Waals surface area contributed by atoms with Crippen LogP contribution in [-0.2, 0) is 9.47 Å². The zero-order chi connectivity index (χ0) is 29.8. The van der Waals surface area contributed by atoms with Gasteiger partial charge in [-0.1, -0.05) is 18.2 Å². The molecule has 0 aromatic heterocycles. The minimum Gasteiger partial charge on any atom is -0.508 e. The Bertz CT molecular complexity index is 1410. The zero-order valence-electron chi connectivity index (χ0n) is 21.5. The smallest absolute Gasteiger partial charge is 0.338 e. The van der Waals surface area contributed by atoms with Crippen molar-refractivity contribution in [3.05, 3.63) is 65.2 Å². The van der Waals surface area contributed by atoms with Gasteiger partial charge in [0, 0.05) is 6.07 Å². The highest BCUT2D eigenvalue weighted by molar-refractivity contribution is 5.91. The maximum Gasteiger partial charge on any atom is 0.338 e. The number of rotatable bonds is 8. The van der Waals surface area contributed by atoms with Gasteiger partial charge >= 0.3 is 5.97 Å². The summed E-state index contributed by atoms with van der Waals surface area (Å²) in [5.41, 5.74) is 0.672. The minimum atomic E-state index is -1.81. The first-order valence-electron chi connectivity index (χ1n) is 12.1. The normalized spacial score (nSPS) is 22.4. The number of aliphatic hydroxyl groups is 3. The molecule has 1 aliphatic rings. The van der Waals surface area contributed by atoms with Gasteiger partial charge in [-0.2, -0.15) is 0 Å². The summed E-state index contributed by atoms with van der Waals surface area (Å²) in [6.45, 7) is -0.745. The number of hydrogen-bond donors (Lipinski definition) is 8. The van der Waals surface area contributed by atoms with Crippen LogP contribution in [-0.4, -0.2) is 91.2 Å². The van der Waals surface area contributed by atoms with Crippen LogP contribution >= 0.6 is 0 Å². The molecule has 8 N–H and O–H groups in total. The van der Waals surface area contributed by atoms with E-state index in [0.29, 0.717) is 16.9 Å². The Morgan fingerprint density at radius 3 is 2.20 bits per heavy atom. The van der Waals surface area contributed by atoms with Crippen LogP contribution in [0.1, 0.15) is 21.5 Å². The van der Waals surface area contributed by atoms with E-state index >= 15 is 0 Å². The van der Waals surface area contributed by atoms with Crippen LogP contribution in [0.15, 0.2) is 48.5 Å². The van der Waals surface area contributed by atoms with Crippen LogP contribution in [0.4, 0.5) is 0 Å². The number of carbonyl (C=O) groups excluding carboxylic acids is 1. The molecule has 1 saturated heterocycles. The summed E-state index contributed by atoms with van der Waals surface area (Å²) in [5.74, 6) is -3.62. The summed E-state index contributed by atoms with van der Waals surface area (Å²) in [6.07, 6.45) is -4.90. The Hall–Kier alpha value is -4.69. The monoisotopic (exact) mass is 572 g/mol. The van der Waals surface area contributed by atoms with E-state index < -0.39 is 66.1 Å². The summed E-state index contributed by atoms with van der Waals surface area (Å²) in [6, 6.07) is 10.5. The Morgan fingerprint density at radius 2 is 1.56 bits per heavy atom. The number of esters is 1. The average Bonchev–Trinajstić information content (AvgIpc) is 2.93. The summed E-state index contributed by atoms with van der Waals surface area (Å²) in [4.78, 5) is 12.7. The first-order chi connectivity index (χ1) is 19.5. The number of aromatic hydroxyl groups is 5. The summed E-state index contributed by atoms with van der Waals surface area (Å²) < 4.78 is 21.4. The Balaban J connectivity index is 1.53. The third kappa shape index (κ3) is 6.56. The van der Waals surface area contributed by atoms with Crippen LogP contribution in [0.2, 0.25) is 0 Å². The van der Waals surface area contributed by atoms with Crippen LogP contribution in [0.25, 0.3) is 12.2 Å². The molecule has 4 rings (SSSR count). The molecule has 1 heterocycles. The third-order valence-electron chi connectivity index (χ3n) is 6.21. The molecule has 0 saturated carbocycles. The molecule has 41 heavy (non-hydrogen) atoms. The first kappa shape index (κ1) is 29.3. The van der Waals surface area contributed by atoms with Gasteiger partial charge in [0.05, 0.1) is 19.3 Å². The quantitative estimate of drug-likeness (QED) is 0.109.